The minimum Gasteiger partial charge on any atom is -0.333 e. The molecule has 1 amide bonds. The maximum atomic E-state index is 12.5. The molecule has 4 heteroatoms. The summed E-state index contributed by atoms with van der Waals surface area (Å²) < 4.78 is 2.13. The zero-order chi connectivity index (χ0) is 17.2. The Balaban J connectivity index is 1.50. The number of carbonyl (C=O) groups is 1. The molecule has 25 heavy (non-hydrogen) atoms. The number of aromatic nitrogens is 2. The number of hydrogen-bond acceptors (Lipinski definition) is 2. The average molecular weight is 331 g/mol. The van der Waals surface area contributed by atoms with Crippen molar-refractivity contribution in [2.75, 3.05) is 5.32 Å². The molecule has 0 aliphatic carbocycles. The summed E-state index contributed by atoms with van der Waals surface area (Å²) in [6, 6.07) is 18.4. The fourth-order valence-electron chi connectivity index (χ4n) is 3.38. The highest BCUT2D eigenvalue weighted by atomic mass is 16.1. The fraction of sp³-hybridized carbons (Fsp3) is 0.238. The number of nitrogens with one attached hydrogen (secondary N) is 1. The predicted octanol–water partition coefficient (Wildman–Crippen LogP) is 4.17. The molecule has 0 bridgehead atoms. The predicted molar refractivity (Wildman–Crippen MR) is 98.9 cm³/mol. The van der Waals surface area contributed by atoms with Crippen LogP contribution in [0, 0.1) is 6.92 Å². The lowest BCUT2D eigenvalue weighted by Gasteiger charge is -2.23. The number of hydrogen-bond donors (Lipinski definition) is 1. The Kier molecular flexibility index (Phi) is 4.10. The summed E-state index contributed by atoms with van der Waals surface area (Å²) in [5.41, 5.74) is 3.81. The number of anilines is 1. The lowest BCUT2D eigenvalue weighted by molar-refractivity contribution is 0.102. The number of benzene rings is 2. The van der Waals surface area contributed by atoms with Gasteiger partial charge in [-0.2, -0.15) is 0 Å². The molecule has 4 nitrogen and oxygen atoms in total. The van der Waals surface area contributed by atoms with Crippen molar-refractivity contribution < 1.29 is 4.79 Å². The van der Waals surface area contributed by atoms with Crippen LogP contribution < -0.4 is 5.32 Å². The number of nitrogens with zero attached hydrogens (tertiary/aromatic N) is 2. The topological polar surface area (TPSA) is 46.9 Å². The molecule has 4 rings (SSSR count). The third-order valence-corrected chi connectivity index (χ3v) is 4.81. The van der Waals surface area contributed by atoms with Gasteiger partial charge in [-0.05, 0) is 31.0 Å². The quantitative estimate of drug-likeness (QED) is 0.783. The lowest BCUT2D eigenvalue weighted by Crippen LogP contribution is -2.18. The average Bonchev–Trinajstić information content (AvgIpc) is 3.08. The van der Waals surface area contributed by atoms with E-state index in [4.69, 9.17) is 0 Å². The Morgan fingerprint density at radius 1 is 1.12 bits per heavy atom. The van der Waals surface area contributed by atoms with Crippen molar-refractivity contribution in [3.8, 4) is 0 Å². The van der Waals surface area contributed by atoms with Crippen LogP contribution in [0.25, 0.3) is 0 Å². The smallest absolute Gasteiger partial charge is 0.275 e. The van der Waals surface area contributed by atoms with E-state index >= 15 is 0 Å². The standard InChI is InChI=1S/C21H21N3O/c1-15-7-10-18(11-8-15)22-21(25)19-14-24-13-17(9-12-20(24)23-19)16-5-3-2-4-6-16/h2-8,10-11,14,17H,9,12-13H2,1H3,(H,22,25)/t17-/m1/s1. The van der Waals surface area contributed by atoms with Gasteiger partial charge in [-0.25, -0.2) is 4.98 Å². The molecule has 3 aromatic rings. The van der Waals surface area contributed by atoms with Crippen LogP contribution in [-0.2, 0) is 13.0 Å². The number of amides is 1. The highest BCUT2D eigenvalue weighted by molar-refractivity contribution is 6.02. The van der Waals surface area contributed by atoms with Crippen LogP contribution in [0.4, 0.5) is 5.69 Å². The van der Waals surface area contributed by atoms with Crippen molar-refractivity contribution in [1.82, 2.24) is 9.55 Å². The van der Waals surface area contributed by atoms with E-state index in [2.05, 4.69) is 39.1 Å². The molecule has 2 aromatic carbocycles. The molecule has 0 saturated carbocycles. The lowest BCUT2D eigenvalue weighted by atomic mass is 9.92. The molecule has 1 aromatic heterocycles. The van der Waals surface area contributed by atoms with E-state index in [1.165, 1.54) is 11.1 Å². The molecular weight excluding hydrogens is 310 g/mol. The third kappa shape index (κ3) is 3.33. The SMILES string of the molecule is Cc1ccc(NC(=O)c2cn3c(n2)CC[C@@H](c2ccccc2)C3)cc1. The molecule has 1 N–H and O–H groups in total. The number of imidazole rings is 1. The second-order valence-electron chi connectivity index (χ2n) is 6.66. The minimum absolute atomic E-state index is 0.151. The molecule has 0 fully saturated rings. The first-order valence-electron chi connectivity index (χ1n) is 8.68. The van der Waals surface area contributed by atoms with Crippen LogP contribution in [0.2, 0.25) is 0 Å². The van der Waals surface area contributed by atoms with E-state index < -0.39 is 0 Å². The van der Waals surface area contributed by atoms with E-state index in [-0.39, 0.29) is 5.91 Å². The van der Waals surface area contributed by atoms with E-state index in [1.54, 1.807) is 0 Å². The molecule has 0 spiro atoms. The molecule has 0 unspecified atom stereocenters. The Morgan fingerprint density at radius 3 is 2.64 bits per heavy atom. The van der Waals surface area contributed by atoms with Gasteiger partial charge < -0.3 is 9.88 Å². The van der Waals surface area contributed by atoms with Gasteiger partial charge in [0.05, 0.1) is 0 Å². The number of fused-ring (bicyclic) bond motifs is 1. The highest BCUT2D eigenvalue weighted by Gasteiger charge is 2.23. The number of carbonyl (C=O) groups excluding carboxylic acids is 1. The van der Waals surface area contributed by atoms with Crippen LogP contribution in [0.3, 0.4) is 0 Å². The first kappa shape index (κ1) is 15.6. The summed E-state index contributed by atoms with van der Waals surface area (Å²) in [5, 5.41) is 2.92. The third-order valence-electron chi connectivity index (χ3n) is 4.81. The van der Waals surface area contributed by atoms with Gasteiger partial charge in [0.25, 0.3) is 5.91 Å². The zero-order valence-corrected chi connectivity index (χ0v) is 14.3. The second-order valence-corrected chi connectivity index (χ2v) is 6.66. The van der Waals surface area contributed by atoms with Crippen molar-refractivity contribution in [3.05, 3.63) is 83.4 Å². The Morgan fingerprint density at radius 2 is 1.88 bits per heavy atom. The van der Waals surface area contributed by atoms with E-state index in [0.29, 0.717) is 11.6 Å². The Labute approximate surface area is 147 Å². The first-order chi connectivity index (χ1) is 12.2. The molecular formula is C21H21N3O. The maximum Gasteiger partial charge on any atom is 0.275 e. The summed E-state index contributed by atoms with van der Waals surface area (Å²) in [5.74, 6) is 1.33. The van der Waals surface area contributed by atoms with Crippen molar-refractivity contribution in [2.24, 2.45) is 0 Å². The summed E-state index contributed by atoms with van der Waals surface area (Å²) in [4.78, 5) is 17.0. The molecule has 2 heterocycles. The van der Waals surface area contributed by atoms with Crippen molar-refractivity contribution in [3.63, 3.8) is 0 Å². The molecule has 0 radical (unpaired) electrons. The molecule has 1 aliphatic rings. The number of rotatable bonds is 3. The van der Waals surface area contributed by atoms with E-state index in [9.17, 15) is 4.79 Å². The van der Waals surface area contributed by atoms with Crippen molar-refractivity contribution in [2.45, 2.75) is 32.2 Å². The Bertz CT molecular complexity index is 881. The molecule has 1 atom stereocenters. The van der Waals surface area contributed by atoms with Gasteiger partial charge in [-0.15, -0.1) is 0 Å². The minimum atomic E-state index is -0.151. The van der Waals surface area contributed by atoms with Gasteiger partial charge in [0, 0.05) is 30.8 Å². The summed E-state index contributed by atoms with van der Waals surface area (Å²) in [7, 11) is 0. The largest absolute Gasteiger partial charge is 0.333 e. The molecule has 126 valence electrons. The van der Waals surface area contributed by atoms with Crippen LogP contribution >= 0.6 is 0 Å². The maximum absolute atomic E-state index is 12.5. The first-order valence-corrected chi connectivity index (χ1v) is 8.68. The van der Waals surface area contributed by atoms with Gasteiger partial charge in [0.15, 0.2) is 0 Å². The van der Waals surface area contributed by atoms with Crippen LogP contribution in [-0.4, -0.2) is 15.5 Å². The van der Waals surface area contributed by atoms with Gasteiger partial charge in [0.1, 0.15) is 11.5 Å². The van der Waals surface area contributed by atoms with Crippen LogP contribution in [0.15, 0.2) is 60.8 Å². The fourth-order valence-corrected chi connectivity index (χ4v) is 3.38. The Hall–Kier alpha value is -2.88. The van der Waals surface area contributed by atoms with Crippen molar-refractivity contribution in [1.29, 1.82) is 0 Å². The van der Waals surface area contributed by atoms with Gasteiger partial charge in [0.2, 0.25) is 0 Å². The summed E-state index contributed by atoms with van der Waals surface area (Å²) >= 11 is 0. The highest BCUT2D eigenvalue weighted by Crippen LogP contribution is 2.28. The summed E-state index contributed by atoms with van der Waals surface area (Å²) in [6.07, 6.45) is 3.85. The van der Waals surface area contributed by atoms with Crippen LogP contribution in [0.1, 0.15) is 39.8 Å². The second kappa shape index (κ2) is 6.55. The van der Waals surface area contributed by atoms with Crippen LogP contribution in [0.5, 0.6) is 0 Å². The van der Waals surface area contributed by atoms with E-state index in [1.807, 2.05) is 43.5 Å². The van der Waals surface area contributed by atoms with Gasteiger partial charge >= 0.3 is 0 Å². The summed E-state index contributed by atoms with van der Waals surface area (Å²) in [6.45, 7) is 2.91. The van der Waals surface area contributed by atoms with Crippen molar-refractivity contribution >= 4 is 11.6 Å². The van der Waals surface area contributed by atoms with Gasteiger partial charge in [-0.3, -0.25) is 4.79 Å². The monoisotopic (exact) mass is 331 g/mol. The van der Waals surface area contributed by atoms with Gasteiger partial charge in [-0.1, -0.05) is 48.0 Å². The number of aryl methyl sites for hydroxylation is 2. The molecule has 1 aliphatic heterocycles. The normalized spacial score (nSPS) is 16.3. The van der Waals surface area contributed by atoms with E-state index in [0.717, 1.165) is 30.9 Å². The molecule has 0 saturated heterocycles. The zero-order valence-electron chi connectivity index (χ0n) is 14.3.